The molecule has 1 N–H and O–H groups in total. The molecule has 128 valence electrons. The van der Waals surface area contributed by atoms with Crippen molar-refractivity contribution in [1.82, 2.24) is 15.0 Å². The van der Waals surface area contributed by atoms with Gasteiger partial charge in [0, 0.05) is 29.0 Å². The highest BCUT2D eigenvalue weighted by atomic mass is 35.5. The van der Waals surface area contributed by atoms with Crippen LogP contribution in [0.4, 0.5) is 11.5 Å². The minimum atomic E-state index is 0.588. The van der Waals surface area contributed by atoms with Crippen molar-refractivity contribution in [2.45, 2.75) is 13.8 Å². The predicted molar refractivity (Wildman–Crippen MR) is 107 cm³/mol. The summed E-state index contributed by atoms with van der Waals surface area (Å²) in [5.41, 5.74) is 5.01. The molecule has 4 rings (SSSR count). The molecule has 5 heteroatoms. The summed E-state index contributed by atoms with van der Waals surface area (Å²) in [5, 5.41) is 4.90. The molecule has 0 saturated heterocycles. The number of aromatic nitrogens is 3. The highest BCUT2D eigenvalue weighted by Crippen LogP contribution is 2.31. The molecule has 0 amide bonds. The molecule has 26 heavy (non-hydrogen) atoms. The van der Waals surface area contributed by atoms with E-state index in [4.69, 9.17) is 16.6 Å². The fraction of sp³-hybridized carbons (Fsp3) is 0.0952. The average Bonchev–Trinajstić information content (AvgIpc) is 2.66. The van der Waals surface area contributed by atoms with Crippen LogP contribution in [0.15, 0.2) is 60.9 Å². The summed E-state index contributed by atoms with van der Waals surface area (Å²) in [6.45, 7) is 4.19. The maximum Gasteiger partial charge on any atom is 0.163 e. The molecule has 0 fully saturated rings. The van der Waals surface area contributed by atoms with Crippen molar-refractivity contribution in [3.05, 3.63) is 77.1 Å². The zero-order valence-electron chi connectivity index (χ0n) is 14.5. The maximum atomic E-state index is 6.40. The van der Waals surface area contributed by atoms with Crippen LogP contribution in [0.25, 0.3) is 22.3 Å². The Kier molecular flexibility index (Phi) is 4.27. The first-order valence-corrected chi connectivity index (χ1v) is 8.70. The van der Waals surface area contributed by atoms with Crippen molar-refractivity contribution in [3.8, 4) is 11.4 Å². The molecular weight excluding hydrogens is 344 g/mol. The van der Waals surface area contributed by atoms with Crippen LogP contribution in [0.3, 0.4) is 0 Å². The predicted octanol–water partition coefficient (Wildman–Crippen LogP) is 5.71. The SMILES string of the molecule is Cc1ccc(Nc2nc(-c3cccnc3)nc3c(Cl)cccc23)cc1C. The number of nitrogens with zero attached hydrogens (tertiary/aromatic N) is 3. The van der Waals surface area contributed by atoms with Gasteiger partial charge in [0.1, 0.15) is 5.82 Å². The molecule has 0 aliphatic heterocycles. The van der Waals surface area contributed by atoms with E-state index in [1.807, 2.05) is 36.4 Å². The van der Waals surface area contributed by atoms with E-state index >= 15 is 0 Å². The third kappa shape index (κ3) is 3.11. The molecule has 4 nitrogen and oxygen atoms in total. The lowest BCUT2D eigenvalue weighted by Crippen LogP contribution is -2.00. The van der Waals surface area contributed by atoms with Crippen LogP contribution in [-0.2, 0) is 0 Å². The topological polar surface area (TPSA) is 50.7 Å². The van der Waals surface area contributed by atoms with Crippen LogP contribution < -0.4 is 5.32 Å². The first-order valence-electron chi connectivity index (χ1n) is 8.33. The van der Waals surface area contributed by atoms with E-state index in [-0.39, 0.29) is 0 Å². The first-order chi connectivity index (χ1) is 12.6. The number of anilines is 2. The lowest BCUT2D eigenvalue weighted by atomic mass is 10.1. The number of fused-ring (bicyclic) bond motifs is 1. The Morgan fingerprint density at radius 2 is 1.81 bits per heavy atom. The first kappa shape index (κ1) is 16.5. The fourth-order valence-corrected chi connectivity index (χ4v) is 3.01. The maximum absolute atomic E-state index is 6.40. The van der Waals surface area contributed by atoms with Gasteiger partial charge in [0.25, 0.3) is 0 Å². The number of pyridine rings is 1. The van der Waals surface area contributed by atoms with Gasteiger partial charge in [-0.15, -0.1) is 0 Å². The number of aryl methyl sites for hydroxylation is 2. The monoisotopic (exact) mass is 360 g/mol. The lowest BCUT2D eigenvalue weighted by Gasteiger charge is -2.13. The Hall–Kier alpha value is -2.98. The van der Waals surface area contributed by atoms with E-state index in [0.717, 1.165) is 22.5 Å². The minimum absolute atomic E-state index is 0.588. The van der Waals surface area contributed by atoms with Crippen LogP contribution in [0.1, 0.15) is 11.1 Å². The van der Waals surface area contributed by atoms with E-state index < -0.39 is 0 Å². The van der Waals surface area contributed by atoms with Crippen LogP contribution >= 0.6 is 11.6 Å². The van der Waals surface area contributed by atoms with Gasteiger partial charge in [-0.2, -0.15) is 0 Å². The summed E-state index contributed by atoms with van der Waals surface area (Å²) in [6, 6.07) is 15.8. The number of rotatable bonds is 3. The van der Waals surface area contributed by atoms with Crippen LogP contribution in [0.5, 0.6) is 0 Å². The van der Waals surface area contributed by atoms with Gasteiger partial charge >= 0.3 is 0 Å². The summed E-state index contributed by atoms with van der Waals surface area (Å²) in [5.74, 6) is 1.31. The van der Waals surface area contributed by atoms with Gasteiger partial charge in [-0.05, 0) is 61.4 Å². The molecule has 0 atom stereocenters. The van der Waals surface area contributed by atoms with E-state index in [1.165, 1.54) is 11.1 Å². The second kappa shape index (κ2) is 6.73. The zero-order valence-corrected chi connectivity index (χ0v) is 15.2. The summed E-state index contributed by atoms with van der Waals surface area (Å²) in [4.78, 5) is 13.6. The lowest BCUT2D eigenvalue weighted by molar-refractivity contribution is 1.20. The van der Waals surface area contributed by atoms with Gasteiger partial charge in [0.05, 0.1) is 10.5 Å². The average molecular weight is 361 g/mol. The van der Waals surface area contributed by atoms with Crippen molar-refractivity contribution in [2.24, 2.45) is 0 Å². The molecular formula is C21H17ClN4. The van der Waals surface area contributed by atoms with E-state index in [2.05, 4.69) is 41.3 Å². The molecule has 0 saturated carbocycles. The largest absolute Gasteiger partial charge is 0.340 e. The quantitative estimate of drug-likeness (QED) is 0.508. The molecule has 0 bridgehead atoms. The van der Waals surface area contributed by atoms with Gasteiger partial charge in [0.2, 0.25) is 0 Å². The standard InChI is InChI=1S/C21H17ClN4/c1-13-8-9-16(11-14(13)2)24-21-17-6-3-7-18(22)19(17)25-20(26-21)15-5-4-10-23-12-15/h3-12H,1-2H3,(H,24,25,26). The Morgan fingerprint density at radius 3 is 2.58 bits per heavy atom. The van der Waals surface area contributed by atoms with Crippen molar-refractivity contribution in [1.29, 1.82) is 0 Å². The molecule has 2 heterocycles. The molecule has 0 aliphatic rings. The van der Waals surface area contributed by atoms with Crippen LogP contribution in [-0.4, -0.2) is 15.0 Å². The van der Waals surface area contributed by atoms with E-state index in [0.29, 0.717) is 16.4 Å². The van der Waals surface area contributed by atoms with Crippen molar-refractivity contribution >= 4 is 34.0 Å². The summed E-state index contributed by atoms with van der Waals surface area (Å²) in [7, 11) is 0. The molecule has 2 aromatic carbocycles. The van der Waals surface area contributed by atoms with Crippen molar-refractivity contribution in [3.63, 3.8) is 0 Å². The van der Waals surface area contributed by atoms with Crippen LogP contribution in [0.2, 0.25) is 5.02 Å². The molecule has 0 unspecified atom stereocenters. The Morgan fingerprint density at radius 1 is 0.923 bits per heavy atom. The van der Waals surface area contributed by atoms with Gasteiger partial charge < -0.3 is 5.32 Å². The van der Waals surface area contributed by atoms with Gasteiger partial charge in [-0.1, -0.05) is 23.7 Å². The summed E-state index contributed by atoms with van der Waals surface area (Å²) < 4.78 is 0. The van der Waals surface area contributed by atoms with E-state index in [1.54, 1.807) is 12.4 Å². The Labute approximate surface area is 156 Å². The highest BCUT2D eigenvalue weighted by molar-refractivity contribution is 6.35. The number of hydrogen-bond acceptors (Lipinski definition) is 4. The second-order valence-corrected chi connectivity index (χ2v) is 6.60. The number of para-hydroxylation sites is 1. The minimum Gasteiger partial charge on any atom is -0.340 e. The number of hydrogen-bond donors (Lipinski definition) is 1. The van der Waals surface area contributed by atoms with Gasteiger partial charge in [-0.3, -0.25) is 4.98 Å². The third-order valence-electron chi connectivity index (χ3n) is 4.37. The summed E-state index contributed by atoms with van der Waals surface area (Å²) in [6.07, 6.45) is 3.48. The molecule has 0 aliphatic carbocycles. The Bertz CT molecular complexity index is 1090. The van der Waals surface area contributed by atoms with Gasteiger partial charge in [0.15, 0.2) is 5.82 Å². The summed E-state index contributed by atoms with van der Waals surface area (Å²) >= 11 is 6.40. The number of benzene rings is 2. The Balaban J connectivity index is 1.89. The van der Waals surface area contributed by atoms with Gasteiger partial charge in [-0.25, -0.2) is 9.97 Å². The molecule has 0 radical (unpaired) electrons. The molecule has 2 aromatic heterocycles. The van der Waals surface area contributed by atoms with Crippen molar-refractivity contribution < 1.29 is 0 Å². The molecule has 0 spiro atoms. The third-order valence-corrected chi connectivity index (χ3v) is 4.67. The smallest absolute Gasteiger partial charge is 0.163 e. The second-order valence-electron chi connectivity index (χ2n) is 6.20. The normalized spacial score (nSPS) is 10.9. The van der Waals surface area contributed by atoms with Crippen LogP contribution in [0, 0.1) is 13.8 Å². The van der Waals surface area contributed by atoms with Crippen molar-refractivity contribution in [2.75, 3.05) is 5.32 Å². The number of nitrogens with one attached hydrogen (secondary N) is 1. The zero-order chi connectivity index (χ0) is 18.1. The fourth-order valence-electron chi connectivity index (χ4n) is 2.79. The van der Waals surface area contributed by atoms with E-state index in [9.17, 15) is 0 Å². The number of halogens is 1. The highest BCUT2D eigenvalue weighted by Gasteiger charge is 2.12. The molecule has 4 aromatic rings.